The van der Waals surface area contributed by atoms with E-state index in [1.54, 1.807) is 12.1 Å². The number of piperidine rings is 1. The number of nitrogens with zero attached hydrogens (tertiary/aromatic N) is 1. The average molecular weight is 286 g/mol. The first kappa shape index (κ1) is 15.3. The van der Waals surface area contributed by atoms with E-state index >= 15 is 0 Å². The predicted molar refractivity (Wildman–Crippen MR) is 73.2 cm³/mol. The molecule has 0 aliphatic carbocycles. The zero-order valence-electron chi connectivity index (χ0n) is 11.7. The highest BCUT2D eigenvalue weighted by Gasteiger charge is 2.36. The number of benzene rings is 1. The molecule has 1 aliphatic heterocycles. The Labute approximate surface area is 117 Å². The molecule has 0 spiro atoms. The molecule has 1 aliphatic rings. The molecule has 2 rings (SSSR count). The Bertz CT molecular complexity index is 445. The Hall–Kier alpha value is -1.07. The number of hydrogen-bond donors (Lipinski definition) is 1. The van der Waals surface area contributed by atoms with Crippen molar-refractivity contribution in [1.82, 2.24) is 4.90 Å². The predicted octanol–water partition coefficient (Wildman–Crippen LogP) is 3.44. The molecule has 1 aromatic carbocycles. The van der Waals surface area contributed by atoms with Crippen molar-refractivity contribution in [2.24, 2.45) is 11.7 Å². The molecule has 0 aromatic heterocycles. The van der Waals surface area contributed by atoms with Crippen molar-refractivity contribution in [1.29, 1.82) is 0 Å². The molecule has 1 aromatic rings. The Morgan fingerprint density at radius 2 is 2.05 bits per heavy atom. The topological polar surface area (TPSA) is 29.3 Å². The van der Waals surface area contributed by atoms with E-state index in [1.165, 1.54) is 6.07 Å². The Morgan fingerprint density at radius 1 is 1.35 bits per heavy atom. The van der Waals surface area contributed by atoms with Crippen LogP contribution in [0.3, 0.4) is 0 Å². The molecule has 0 saturated carbocycles. The lowest BCUT2D eigenvalue weighted by Crippen LogP contribution is -2.41. The Morgan fingerprint density at radius 3 is 2.65 bits per heavy atom. The van der Waals surface area contributed by atoms with Gasteiger partial charge < -0.3 is 5.73 Å². The van der Waals surface area contributed by atoms with Crippen molar-refractivity contribution >= 4 is 0 Å². The van der Waals surface area contributed by atoms with Crippen LogP contribution in [-0.4, -0.2) is 24.5 Å². The Kier molecular flexibility index (Phi) is 4.70. The molecular formula is C15H21F3N2. The smallest absolute Gasteiger partial charge is 0.329 e. The van der Waals surface area contributed by atoms with Gasteiger partial charge in [-0.15, -0.1) is 0 Å². The fourth-order valence-corrected chi connectivity index (χ4v) is 3.03. The lowest BCUT2D eigenvalue weighted by atomic mass is 9.93. The molecule has 2 nitrogen and oxygen atoms in total. The fraction of sp³-hybridized carbons (Fsp3) is 0.600. The minimum Gasteiger partial charge on any atom is -0.329 e. The van der Waals surface area contributed by atoms with E-state index in [0.717, 1.165) is 32.0 Å². The summed E-state index contributed by atoms with van der Waals surface area (Å²) in [6, 6.07) is 5.43. The largest absolute Gasteiger partial charge is 0.416 e. The molecule has 0 amide bonds. The minimum absolute atomic E-state index is 0.208. The van der Waals surface area contributed by atoms with Crippen LogP contribution in [0.1, 0.15) is 36.9 Å². The zero-order chi connectivity index (χ0) is 14.8. The summed E-state index contributed by atoms with van der Waals surface area (Å²) in [5.41, 5.74) is 5.53. The second kappa shape index (κ2) is 6.14. The molecule has 1 fully saturated rings. The van der Waals surface area contributed by atoms with Crippen molar-refractivity contribution in [3.05, 3.63) is 35.4 Å². The molecule has 20 heavy (non-hydrogen) atoms. The van der Waals surface area contributed by atoms with Gasteiger partial charge in [-0.2, -0.15) is 13.2 Å². The van der Waals surface area contributed by atoms with Gasteiger partial charge in [-0.1, -0.05) is 25.1 Å². The molecule has 2 N–H and O–H groups in total. The normalized spacial score (nSPS) is 22.8. The monoisotopic (exact) mass is 286 g/mol. The van der Waals surface area contributed by atoms with E-state index in [2.05, 4.69) is 11.8 Å². The van der Waals surface area contributed by atoms with Crippen molar-refractivity contribution in [2.75, 3.05) is 19.6 Å². The van der Waals surface area contributed by atoms with Crippen LogP contribution in [0.5, 0.6) is 0 Å². The number of hydrogen-bond acceptors (Lipinski definition) is 2. The first-order valence-electron chi connectivity index (χ1n) is 7.03. The highest BCUT2D eigenvalue weighted by molar-refractivity contribution is 5.32. The summed E-state index contributed by atoms with van der Waals surface area (Å²) in [7, 11) is 0. The molecule has 1 heterocycles. The third-order valence-electron chi connectivity index (χ3n) is 3.98. The van der Waals surface area contributed by atoms with Crippen molar-refractivity contribution in [3.8, 4) is 0 Å². The van der Waals surface area contributed by atoms with Gasteiger partial charge in [0.15, 0.2) is 0 Å². The number of alkyl halides is 3. The SMILES string of the molecule is C[C@@H]1CCCN([C@@H](CN)c2ccccc2C(F)(F)F)C1. The second-order valence-corrected chi connectivity index (χ2v) is 5.58. The number of halogens is 3. The molecule has 0 unspecified atom stereocenters. The third-order valence-corrected chi connectivity index (χ3v) is 3.98. The van der Waals surface area contributed by atoms with E-state index in [4.69, 9.17) is 5.73 Å². The van der Waals surface area contributed by atoms with Gasteiger partial charge >= 0.3 is 6.18 Å². The van der Waals surface area contributed by atoms with Gasteiger partial charge in [0.25, 0.3) is 0 Å². The van der Waals surface area contributed by atoms with E-state index in [9.17, 15) is 13.2 Å². The van der Waals surface area contributed by atoms with E-state index in [1.807, 2.05) is 0 Å². The molecule has 2 atom stereocenters. The van der Waals surface area contributed by atoms with E-state index in [0.29, 0.717) is 11.5 Å². The van der Waals surface area contributed by atoms with Crippen LogP contribution in [0.25, 0.3) is 0 Å². The average Bonchev–Trinajstić information content (AvgIpc) is 2.39. The summed E-state index contributed by atoms with van der Waals surface area (Å²) < 4.78 is 39.4. The maximum absolute atomic E-state index is 13.1. The number of nitrogens with two attached hydrogens (primary N) is 1. The van der Waals surface area contributed by atoms with Gasteiger partial charge in [-0.05, 0) is 36.9 Å². The van der Waals surface area contributed by atoms with Crippen molar-refractivity contribution < 1.29 is 13.2 Å². The van der Waals surface area contributed by atoms with Crippen LogP contribution >= 0.6 is 0 Å². The zero-order valence-corrected chi connectivity index (χ0v) is 11.7. The quantitative estimate of drug-likeness (QED) is 0.922. The summed E-state index contributed by atoms with van der Waals surface area (Å²) in [5.74, 6) is 0.510. The fourth-order valence-electron chi connectivity index (χ4n) is 3.03. The molecule has 0 radical (unpaired) electrons. The van der Waals surface area contributed by atoms with Gasteiger partial charge in [0.2, 0.25) is 0 Å². The van der Waals surface area contributed by atoms with Crippen LogP contribution in [0, 0.1) is 5.92 Å². The maximum Gasteiger partial charge on any atom is 0.416 e. The van der Waals surface area contributed by atoms with Gasteiger partial charge in [0, 0.05) is 19.1 Å². The second-order valence-electron chi connectivity index (χ2n) is 5.58. The van der Waals surface area contributed by atoms with Crippen molar-refractivity contribution in [2.45, 2.75) is 32.0 Å². The number of rotatable bonds is 3. The lowest BCUT2D eigenvalue weighted by molar-refractivity contribution is -0.138. The van der Waals surface area contributed by atoms with Crippen LogP contribution in [0.4, 0.5) is 13.2 Å². The van der Waals surface area contributed by atoms with Crippen LogP contribution in [-0.2, 0) is 6.18 Å². The summed E-state index contributed by atoms with van der Waals surface area (Å²) in [5, 5.41) is 0. The molecule has 1 saturated heterocycles. The van der Waals surface area contributed by atoms with Crippen molar-refractivity contribution in [3.63, 3.8) is 0 Å². The first-order chi connectivity index (χ1) is 9.43. The van der Waals surface area contributed by atoms with E-state index < -0.39 is 11.7 Å². The third kappa shape index (κ3) is 3.33. The first-order valence-corrected chi connectivity index (χ1v) is 7.03. The van der Waals surface area contributed by atoms with Crippen LogP contribution in [0.15, 0.2) is 24.3 Å². The van der Waals surface area contributed by atoms with Gasteiger partial charge in [-0.25, -0.2) is 0 Å². The van der Waals surface area contributed by atoms with E-state index in [-0.39, 0.29) is 12.6 Å². The lowest BCUT2D eigenvalue weighted by Gasteiger charge is -2.37. The molecule has 0 bridgehead atoms. The van der Waals surface area contributed by atoms with Gasteiger partial charge in [-0.3, -0.25) is 4.90 Å². The molecular weight excluding hydrogens is 265 g/mol. The minimum atomic E-state index is -4.33. The summed E-state index contributed by atoms with van der Waals surface area (Å²) in [6.45, 7) is 3.97. The maximum atomic E-state index is 13.1. The highest BCUT2D eigenvalue weighted by atomic mass is 19.4. The molecule has 112 valence electrons. The van der Waals surface area contributed by atoms with Gasteiger partial charge in [0.05, 0.1) is 5.56 Å². The van der Waals surface area contributed by atoms with Crippen LogP contribution in [0.2, 0.25) is 0 Å². The van der Waals surface area contributed by atoms with Crippen LogP contribution < -0.4 is 5.73 Å². The Balaban J connectivity index is 2.32. The standard InChI is InChI=1S/C15H21F3N2/c1-11-5-4-8-20(10-11)14(9-19)12-6-2-3-7-13(12)15(16,17)18/h2-3,6-7,11,14H,4-5,8-10,19H2,1H3/t11-,14+/m1/s1. The summed E-state index contributed by atoms with van der Waals surface area (Å²) >= 11 is 0. The summed E-state index contributed by atoms with van der Waals surface area (Å²) in [6.07, 6.45) is -2.17. The number of likely N-dealkylation sites (tertiary alicyclic amines) is 1. The highest BCUT2D eigenvalue weighted by Crippen LogP contribution is 2.37. The molecule has 5 heteroatoms. The van der Waals surface area contributed by atoms with Gasteiger partial charge in [0.1, 0.15) is 0 Å². The summed E-state index contributed by atoms with van der Waals surface area (Å²) in [4.78, 5) is 2.10.